The molecule has 0 aliphatic carbocycles. The van der Waals surface area contributed by atoms with Crippen LogP contribution in [0.5, 0.6) is 0 Å². The zero-order valence-electron chi connectivity index (χ0n) is 10.5. The van der Waals surface area contributed by atoms with Gasteiger partial charge in [0.2, 0.25) is 0 Å². The van der Waals surface area contributed by atoms with E-state index in [1.165, 1.54) is 21.9 Å². The van der Waals surface area contributed by atoms with Crippen LogP contribution in [0.3, 0.4) is 0 Å². The summed E-state index contributed by atoms with van der Waals surface area (Å²) >= 11 is 1.36. The average Bonchev–Trinajstić information content (AvgIpc) is 2.78. The van der Waals surface area contributed by atoms with Crippen molar-refractivity contribution in [1.82, 2.24) is 14.7 Å². The molecule has 2 rings (SSSR count). The number of rotatable bonds is 3. The summed E-state index contributed by atoms with van der Waals surface area (Å²) in [5.74, 6) is -0.0520. The summed E-state index contributed by atoms with van der Waals surface area (Å²) in [6, 6.07) is 0.0140. The Morgan fingerprint density at radius 3 is 2.83 bits per heavy atom. The lowest BCUT2D eigenvalue weighted by Crippen LogP contribution is -2.39. The van der Waals surface area contributed by atoms with Crippen LogP contribution in [-0.2, 0) is 0 Å². The number of thiazole rings is 1. The van der Waals surface area contributed by atoms with Gasteiger partial charge in [-0.15, -0.1) is 11.3 Å². The Balaban J connectivity index is 2.33. The van der Waals surface area contributed by atoms with Crippen molar-refractivity contribution in [3.05, 3.63) is 33.7 Å². The number of nitrogens with zero attached hydrogens (tertiary/aromatic N) is 2. The van der Waals surface area contributed by atoms with Crippen molar-refractivity contribution in [1.29, 1.82) is 0 Å². The second-order valence-corrected chi connectivity index (χ2v) is 5.41. The second kappa shape index (κ2) is 4.89. The Bertz CT molecular complexity index is 630. The highest BCUT2D eigenvalue weighted by atomic mass is 32.1. The molecule has 2 aromatic heterocycles. The van der Waals surface area contributed by atoms with E-state index in [9.17, 15) is 9.59 Å². The maximum absolute atomic E-state index is 12.1. The number of amides is 1. The average molecular weight is 265 g/mol. The van der Waals surface area contributed by atoms with Gasteiger partial charge in [-0.1, -0.05) is 13.8 Å². The van der Waals surface area contributed by atoms with E-state index in [1.54, 1.807) is 11.6 Å². The maximum atomic E-state index is 12.1. The Morgan fingerprint density at radius 1 is 1.44 bits per heavy atom. The van der Waals surface area contributed by atoms with Gasteiger partial charge in [-0.3, -0.25) is 14.0 Å². The lowest BCUT2D eigenvalue weighted by Gasteiger charge is -2.16. The van der Waals surface area contributed by atoms with Crippen molar-refractivity contribution >= 4 is 22.2 Å². The standard InChI is InChI=1S/C12H15N3O2S/c1-7(2)8(3)14-10(16)9-6-13-12-15(11(9)17)4-5-18-12/h4-8H,1-3H3,(H,14,16)/t8-/m0/s1. The van der Waals surface area contributed by atoms with Crippen LogP contribution in [0.1, 0.15) is 31.1 Å². The van der Waals surface area contributed by atoms with Gasteiger partial charge >= 0.3 is 0 Å². The number of carbonyl (C=O) groups is 1. The van der Waals surface area contributed by atoms with E-state index in [0.29, 0.717) is 10.9 Å². The number of aromatic nitrogens is 2. The summed E-state index contributed by atoms with van der Waals surface area (Å²) in [7, 11) is 0. The van der Waals surface area contributed by atoms with Crippen molar-refractivity contribution in [2.45, 2.75) is 26.8 Å². The molecule has 0 radical (unpaired) electrons. The monoisotopic (exact) mass is 265 g/mol. The van der Waals surface area contributed by atoms with Crippen molar-refractivity contribution in [2.24, 2.45) is 5.92 Å². The predicted octanol–water partition coefficient (Wildman–Crippen LogP) is 1.53. The topological polar surface area (TPSA) is 63.5 Å². The summed E-state index contributed by atoms with van der Waals surface area (Å²) in [6.45, 7) is 5.94. The molecule has 0 bridgehead atoms. The molecule has 0 unspecified atom stereocenters. The quantitative estimate of drug-likeness (QED) is 0.915. The van der Waals surface area contributed by atoms with Gasteiger partial charge in [-0.25, -0.2) is 4.98 Å². The first-order chi connectivity index (χ1) is 8.50. The molecule has 0 aromatic carbocycles. The third-order valence-electron chi connectivity index (χ3n) is 2.95. The molecular weight excluding hydrogens is 250 g/mol. The van der Waals surface area contributed by atoms with Gasteiger partial charge in [0.1, 0.15) is 5.56 Å². The highest BCUT2D eigenvalue weighted by Crippen LogP contribution is 2.06. The van der Waals surface area contributed by atoms with Crippen LogP contribution in [0, 0.1) is 5.92 Å². The van der Waals surface area contributed by atoms with Crippen molar-refractivity contribution in [3.63, 3.8) is 0 Å². The van der Waals surface area contributed by atoms with Gasteiger partial charge in [-0.2, -0.15) is 0 Å². The van der Waals surface area contributed by atoms with Crippen LogP contribution in [0.15, 0.2) is 22.6 Å². The number of hydrogen-bond donors (Lipinski definition) is 1. The van der Waals surface area contributed by atoms with Gasteiger partial charge in [0.15, 0.2) is 4.96 Å². The molecule has 1 N–H and O–H groups in total. The van der Waals surface area contributed by atoms with Crippen LogP contribution < -0.4 is 10.9 Å². The minimum Gasteiger partial charge on any atom is -0.349 e. The summed E-state index contributed by atoms with van der Waals surface area (Å²) in [4.78, 5) is 28.7. The van der Waals surface area contributed by atoms with E-state index in [4.69, 9.17) is 0 Å². The molecule has 6 heteroatoms. The zero-order chi connectivity index (χ0) is 13.3. The molecule has 1 amide bonds. The molecule has 0 fully saturated rings. The van der Waals surface area contributed by atoms with Crippen LogP contribution in [0.25, 0.3) is 4.96 Å². The number of carbonyl (C=O) groups excluding carboxylic acids is 1. The second-order valence-electron chi connectivity index (χ2n) is 4.54. The highest BCUT2D eigenvalue weighted by molar-refractivity contribution is 7.15. The first-order valence-electron chi connectivity index (χ1n) is 5.76. The molecule has 0 aliphatic rings. The van der Waals surface area contributed by atoms with Crippen molar-refractivity contribution < 1.29 is 4.79 Å². The molecule has 96 valence electrons. The molecule has 0 spiro atoms. The third kappa shape index (κ3) is 2.28. The first kappa shape index (κ1) is 12.8. The molecule has 0 saturated carbocycles. The normalized spacial score (nSPS) is 12.9. The van der Waals surface area contributed by atoms with E-state index in [1.807, 2.05) is 20.8 Å². The van der Waals surface area contributed by atoms with Crippen LogP contribution in [0.2, 0.25) is 0 Å². The SMILES string of the molecule is CC(C)[C@H](C)NC(=O)c1cnc2sccn2c1=O. The Kier molecular flexibility index (Phi) is 3.47. The fourth-order valence-corrected chi connectivity index (χ4v) is 2.11. The molecule has 1 atom stereocenters. The van der Waals surface area contributed by atoms with E-state index < -0.39 is 0 Å². The van der Waals surface area contributed by atoms with Crippen molar-refractivity contribution in [3.8, 4) is 0 Å². The number of hydrogen-bond acceptors (Lipinski definition) is 4. The molecule has 2 heterocycles. The number of nitrogens with one attached hydrogen (secondary N) is 1. The minimum atomic E-state index is -0.366. The van der Waals surface area contributed by atoms with Gasteiger partial charge in [-0.05, 0) is 12.8 Å². The lowest BCUT2D eigenvalue weighted by atomic mass is 10.1. The Morgan fingerprint density at radius 2 is 2.17 bits per heavy atom. The predicted molar refractivity (Wildman–Crippen MR) is 71.1 cm³/mol. The summed E-state index contributed by atoms with van der Waals surface area (Å²) in [5.41, 5.74) is -0.242. The molecule has 0 saturated heterocycles. The summed E-state index contributed by atoms with van der Waals surface area (Å²) in [5, 5.41) is 4.57. The molecular formula is C12H15N3O2S. The zero-order valence-corrected chi connectivity index (χ0v) is 11.3. The largest absolute Gasteiger partial charge is 0.349 e. The van der Waals surface area contributed by atoms with E-state index in [2.05, 4.69) is 10.3 Å². The van der Waals surface area contributed by atoms with Crippen molar-refractivity contribution in [2.75, 3.05) is 0 Å². The minimum absolute atomic E-state index is 0.0140. The van der Waals surface area contributed by atoms with E-state index in [-0.39, 0.29) is 23.1 Å². The maximum Gasteiger partial charge on any atom is 0.271 e. The van der Waals surface area contributed by atoms with Gasteiger partial charge < -0.3 is 5.32 Å². The van der Waals surface area contributed by atoms with Gasteiger partial charge in [0.05, 0.1) is 0 Å². The van der Waals surface area contributed by atoms with Crippen LogP contribution >= 0.6 is 11.3 Å². The smallest absolute Gasteiger partial charge is 0.271 e. The third-order valence-corrected chi connectivity index (χ3v) is 3.72. The molecule has 2 aromatic rings. The first-order valence-corrected chi connectivity index (χ1v) is 6.64. The fraction of sp³-hybridized carbons (Fsp3) is 0.417. The fourth-order valence-electron chi connectivity index (χ4n) is 1.43. The molecule has 0 aliphatic heterocycles. The Labute approximate surface area is 108 Å². The Hall–Kier alpha value is -1.69. The van der Waals surface area contributed by atoms with Crippen LogP contribution in [0.4, 0.5) is 0 Å². The summed E-state index contributed by atoms with van der Waals surface area (Å²) in [6.07, 6.45) is 2.97. The molecule has 5 nitrogen and oxygen atoms in total. The number of fused-ring (bicyclic) bond motifs is 1. The lowest BCUT2D eigenvalue weighted by molar-refractivity contribution is 0.0928. The van der Waals surface area contributed by atoms with E-state index >= 15 is 0 Å². The van der Waals surface area contributed by atoms with E-state index in [0.717, 1.165) is 0 Å². The molecule has 18 heavy (non-hydrogen) atoms. The highest BCUT2D eigenvalue weighted by Gasteiger charge is 2.17. The van der Waals surface area contributed by atoms with Gasteiger partial charge in [0, 0.05) is 23.8 Å². The van der Waals surface area contributed by atoms with Crippen LogP contribution in [-0.4, -0.2) is 21.3 Å². The summed E-state index contributed by atoms with van der Waals surface area (Å²) < 4.78 is 1.39. The van der Waals surface area contributed by atoms with Gasteiger partial charge in [0.25, 0.3) is 11.5 Å².